The Hall–Kier alpha value is -0.880. The summed E-state index contributed by atoms with van der Waals surface area (Å²) in [5.41, 5.74) is 0.557. The second kappa shape index (κ2) is 7.05. The maximum absolute atomic E-state index is 11.9. The number of hydrogen-bond acceptors (Lipinski definition) is 4. The molecule has 0 atom stereocenters. The number of sulfone groups is 1. The van der Waals surface area contributed by atoms with Gasteiger partial charge in [0.05, 0.1) is 17.3 Å². The lowest BCUT2D eigenvalue weighted by atomic mass is 10.1. The van der Waals surface area contributed by atoms with E-state index in [4.69, 9.17) is 4.74 Å². The Morgan fingerprint density at radius 1 is 1.37 bits per heavy atom. The van der Waals surface area contributed by atoms with Gasteiger partial charge in [-0.15, -0.1) is 0 Å². The summed E-state index contributed by atoms with van der Waals surface area (Å²) in [6.45, 7) is 1.61. The van der Waals surface area contributed by atoms with Crippen LogP contribution in [0.25, 0.3) is 0 Å². The highest BCUT2D eigenvalue weighted by Crippen LogP contribution is 2.26. The first-order valence-corrected chi connectivity index (χ1v) is 8.58. The Balaban J connectivity index is 2.62. The summed E-state index contributed by atoms with van der Waals surface area (Å²) in [7, 11) is -1.44. The van der Waals surface area contributed by atoms with Gasteiger partial charge in [-0.2, -0.15) is 0 Å². The molecule has 0 bridgehead atoms. The van der Waals surface area contributed by atoms with Gasteiger partial charge in [0.1, 0.15) is 15.6 Å². The molecule has 0 radical (unpaired) electrons. The Morgan fingerprint density at radius 2 is 2.05 bits per heavy atom. The molecule has 0 heterocycles. The summed E-state index contributed by atoms with van der Waals surface area (Å²) < 4.78 is 28.4. The van der Waals surface area contributed by atoms with E-state index in [1.807, 2.05) is 0 Å². The molecule has 106 valence electrons. The number of carbonyl (C=O) groups excluding carboxylic acids is 1. The molecule has 19 heavy (non-hydrogen) atoms. The molecule has 1 rings (SSSR count). The number of rotatable bonds is 7. The van der Waals surface area contributed by atoms with Gasteiger partial charge in [-0.05, 0) is 40.5 Å². The van der Waals surface area contributed by atoms with E-state index in [0.717, 1.165) is 0 Å². The fourth-order valence-electron chi connectivity index (χ4n) is 1.58. The first kappa shape index (κ1) is 16.2. The fourth-order valence-corrected chi connectivity index (χ4v) is 2.99. The zero-order chi connectivity index (χ0) is 14.5. The lowest BCUT2D eigenvalue weighted by molar-refractivity contribution is 0.0982. The molecular formula is C13H17BrO4S. The van der Waals surface area contributed by atoms with Gasteiger partial charge >= 0.3 is 0 Å². The Kier molecular flexibility index (Phi) is 6.00. The van der Waals surface area contributed by atoms with Crippen molar-refractivity contribution in [3.8, 4) is 5.75 Å². The smallest absolute Gasteiger partial charge is 0.162 e. The highest BCUT2D eigenvalue weighted by molar-refractivity contribution is 9.10. The summed E-state index contributed by atoms with van der Waals surface area (Å²) in [6.07, 6.45) is 0.594. The lowest BCUT2D eigenvalue weighted by Crippen LogP contribution is -2.10. The van der Waals surface area contributed by atoms with E-state index in [2.05, 4.69) is 15.9 Å². The van der Waals surface area contributed by atoms with Crippen molar-refractivity contribution in [3.63, 3.8) is 0 Å². The number of benzene rings is 1. The lowest BCUT2D eigenvalue weighted by Gasteiger charge is -2.06. The van der Waals surface area contributed by atoms with Crippen LogP contribution in [0.4, 0.5) is 0 Å². The molecule has 1 aromatic rings. The standard InChI is InChI=1S/C13H17BrO4S/c1-3-19(16,17)8-4-5-12(15)10-6-7-13(18-2)11(14)9-10/h6-7,9H,3-5,8H2,1-2H3. The average molecular weight is 349 g/mol. The van der Waals surface area contributed by atoms with Crippen LogP contribution in [0.3, 0.4) is 0 Å². The number of methoxy groups -OCH3 is 1. The number of ether oxygens (including phenoxy) is 1. The minimum Gasteiger partial charge on any atom is -0.496 e. The van der Waals surface area contributed by atoms with Crippen LogP contribution in [0.5, 0.6) is 5.75 Å². The summed E-state index contributed by atoms with van der Waals surface area (Å²) in [4.78, 5) is 11.9. The van der Waals surface area contributed by atoms with Gasteiger partial charge in [0.2, 0.25) is 0 Å². The maximum atomic E-state index is 11.9. The molecule has 0 aliphatic heterocycles. The van der Waals surface area contributed by atoms with E-state index in [-0.39, 0.29) is 23.7 Å². The van der Waals surface area contributed by atoms with Crippen LogP contribution in [-0.4, -0.2) is 32.8 Å². The van der Waals surface area contributed by atoms with Crippen molar-refractivity contribution in [1.82, 2.24) is 0 Å². The van der Waals surface area contributed by atoms with Crippen molar-refractivity contribution in [1.29, 1.82) is 0 Å². The Labute approximate surface area is 122 Å². The van der Waals surface area contributed by atoms with Crippen LogP contribution in [0, 0.1) is 0 Å². The van der Waals surface area contributed by atoms with Crippen molar-refractivity contribution >= 4 is 31.6 Å². The molecule has 4 nitrogen and oxygen atoms in total. The summed E-state index contributed by atoms with van der Waals surface area (Å²) in [6, 6.07) is 5.08. The number of carbonyl (C=O) groups is 1. The second-order valence-electron chi connectivity index (χ2n) is 4.11. The summed E-state index contributed by atoms with van der Waals surface area (Å²) >= 11 is 3.31. The fraction of sp³-hybridized carbons (Fsp3) is 0.462. The van der Waals surface area contributed by atoms with E-state index < -0.39 is 9.84 Å². The highest BCUT2D eigenvalue weighted by atomic mass is 79.9. The van der Waals surface area contributed by atoms with Crippen LogP contribution in [0.2, 0.25) is 0 Å². The molecule has 0 saturated carbocycles. The summed E-state index contributed by atoms with van der Waals surface area (Å²) in [5.74, 6) is 0.779. The van der Waals surface area contributed by atoms with E-state index in [9.17, 15) is 13.2 Å². The molecule has 0 amide bonds. The van der Waals surface area contributed by atoms with Crippen LogP contribution in [0.1, 0.15) is 30.1 Å². The molecule has 0 fully saturated rings. The van der Waals surface area contributed by atoms with Crippen molar-refractivity contribution in [2.75, 3.05) is 18.6 Å². The van der Waals surface area contributed by atoms with Gasteiger partial charge in [0.25, 0.3) is 0 Å². The van der Waals surface area contributed by atoms with Crippen LogP contribution < -0.4 is 4.74 Å². The zero-order valence-electron chi connectivity index (χ0n) is 11.0. The molecule has 0 saturated heterocycles. The van der Waals surface area contributed by atoms with E-state index in [1.54, 1.807) is 32.2 Å². The number of halogens is 1. The van der Waals surface area contributed by atoms with Gasteiger partial charge in [0.15, 0.2) is 5.78 Å². The zero-order valence-corrected chi connectivity index (χ0v) is 13.4. The van der Waals surface area contributed by atoms with Crippen LogP contribution in [-0.2, 0) is 9.84 Å². The molecule has 6 heteroatoms. The quantitative estimate of drug-likeness (QED) is 0.711. The van der Waals surface area contributed by atoms with Gasteiger partial charge in [0, 0.05) is 17.7 Å². The molecule has 0 aliphatic rings. The first-order valence-electron chi connectivity index (χ1n) is 5.96. The summed E-state index contributed by atoms with van der Waals surface area (Å²) in [5, 5.41) is 0. The third kappa shape index (κ3) is 4.95. The Bertz CT molecular complexity index is 552. The number of Topliss-reactive ketones (excluding diaryl/α,β-unsaturated/α-hetero) is 1. The van der Waals surface area contributed by atoms with Gasteiger partial charge in [-0.3, -0.25) is 4.79 Å². The van der Waals surface area contributed by atoms with Gasteiger partial charge in [-0.25, -0.2) is 8.42 Å². The van der Waals surface area contributed by atoms with E-state index in [0.29, 0.717) is 22.2 Å². The first-order chi connectivity index (χ1) is 8.89. The Morgan fingerprint density at radius 3 is 2.58 bits per heavy atom. The predicted molar refractivity (Wildman–Crippen MR) is 78.6 cm³/mol. The molecule has 0 N–H and O–H groups in total. The van der Waals surface area contributed by atoms with Crippen molar-refractivity contribution in [2.24, 2.45) is 0 Å². The monoisotopic (exact) mass is 348 g/mol. The van der Waals surface area contributed by atoms with Crippen molar-refractivity contribution in [2.45, 2.75) is 19.8 Å². The SMILES string of the molecule is CCS(=O)(=O)CCCC(=O)c1ccc(OC)c(Br)c1. The maximum Gasteiger partial charge on any atom is 0.162 e. The molecule has 0 unspecified atom stereocenters. The second-order valence-corrected chi connectivity index (χ2v) is 7.44. The largest absolute Gasteiger partial charge is 0.496 e. The predicted octanol–water partition coefficient (Wildman–Crippen LogP) is 2.86. The molecule has 0 aliphatic carbocycles. The third-order valence-electron chi connectivity index (χ3n) is 2.77. The van der Waals surface area contributed by atoms with Crippen LogP contribution >= 0.6 is 15.9 Å². The third-order valence-corrected chi connectivity index (χ3v) is 5.18. The number of hydrogen-bond donors (Lipinski definition) is 0. The van der Waals surface area contributed by atoms with E-state index >= 15 is 0 Å². The normalized spacial score (nSPS) is 11.3. The van der Waals surface area contributed by atoms with Crippen molar-refractivity contribution < 1.29 is 17.9 Å². The topological polar surface area (TPSA) is 60.4 Å². The molecule has 1 aromatic carbocycles. The van der Waals surface area contributed by atoms with Gasteiger partial charge in [-0.1, -0.05) is 6.92 Å². The minimum atomic E-state index is -3.00. The van der Waals surface area contributed by atoms with Gasteiger partial charge < -0.3 is 4.74 Å². The minimum absolute atomic E-state index is 0.0605. The van der Waals surface area contributed by atoms with Crippen molar-refractivity contribution in [3.05, 3.63) is 28.2 Å². The van der Waals surface area contributed by atoms with Crippen LogP contribution in [0.15, 0.2) is 22.7 Å². The van der Waals surface area contributed by atoms with E-state index in [1.165, 1.54) is 0 Å². The molecule has 0 spiro atoms. The molecular weight excluding hydrogens is 332 g/mol. The highest BCUT2D eigenvalue weighted by Gasteiger charge is 2.12. The average Bonchev–Trinajstić information content (AvgIpc) is 2.38. The molecule has 0 aromatic heterocycles. The number of ketones is 1.